The number of hydrogen-bond acceptors (Lipinski definition) is 6. The predicted octanol–water partition coefficient (Wildman–Crippen LogP) is 11.7. The summed E-state index contributed by atoms with van der Waals surface area (Å²) in [6.07, 6.45) is 39.3. The van der Waals surface area contributed by atoms with Gasteiger partial charge in [-0.25, -0.2) is 4.79 Å². The molecule has 1 N–H and O–H groups in total. The van der Waals surface area contributed by atoms with Crippen molar-refractivity contribution in [3.63, 3.8) is 0 Å². The summed E-state index contributed by atoms with van der Waals surface area (Å²) in [6.45, 7) is 4.63. The number of rotatable bonds is 39. The van der Waals surface area contributed by atoms with Gasteiger partial charge in [0.25, 0.3) is 0 Å². The molecule has 0 aromatic rings. The number of nitrogens with zero attached hydrogens (tertiary/aromatic N) is 1. The predicted molar refractivity (Wildman–Crippen MR) is 220 cm³/mol. The molecule has 0 aromatic heterocycles. The van der Waals surface area contributed by atoms with Crippen molar-refractivity contribution >= 4 is 17.9 Å². The zero-order valence-corrected chi connectivity index (χ0v) is 35.2. The highest BCUT2D eigenvalue weighted by Gasteiger charge is 2.31. The Labute approximate surface area is 326 Å². The lowest BCUT2D eigenvalue weighted by Crippen LogP contribution is -2.50. The van der Waals surface area contributed by atoms with Crippen LogP contribution in [0.1, 0.15) is 194 Å². The summed E-state index contributed by atoms with van der Waals surface area (Å²) in [5.41, 5.74) is 0. The quantitative estimate of drug-likeness (QED) is 0.0289. The van der Waals surface area contributed by atoms with E-state index in [0.717, 1.165) is 70.6 Å². The van der Waals surface area contributed by atoms with Gasteiger partial charge in [0, 0.05) is 19.3 Å². The molecule has 0 bridgehead atoms. The van der Waals surface area contributed by atoms with Crippen LogP contribution in [0.25, 0.3) is 0 Å². The summed E-state index contributed by atoms with van der Waals surface area (Å²) in [5.74, 6) is -1.48. The molecule has 0 rings (SSSR count). The molecule has 0 aliphatic rings. The maximum absolute atomic E-state index is 12.7. The molecular weight excluding hydrogens is 666 g/mol. The maximum Gasteiger partial charge on any atom is 0.362 e. The fourth-order valence-corrected chi connectivity index (χ4v) is 6.48. The van der Waals surface area contributed by atoms with Gasteiger partial charge in [-0.3, -0.25) is 9.59 Å². The number of carboxylic acids is 1. The molecule has 0 spiro atoms. The SMILES string of the molecule is CC/C=C/C/C=C/CCCCCCCC(=O)OC(COCCC(C(=O)O)[N+](C)(C)C)COC(=O)CCCCCCCCCCCCCCCCCCC. The Morgan fingerprint density at radius 2 is 1.06 bits per heavy atom. The van der Waals surface area contributed by atoms with Gasteiger partial charge in [-0.15, -0.1) is 0 Å². The van der Waals surface area contributed by atoms with Crippen LogP contribution in [0.2, 0.25) is 0 Å². The van der Waals surface area contributed by atoms with E-state index in [1.165, 1.54) is 89.9 Å². The second-order valence-electron chi connectivity index (χ2n) is 15.9. The molecule has 0 aliphatic heterocycles. The minimum absolute atomic E-state index is 0.0526. The van der Waals surface area contributed by atoms with Gasteiger partial charge in [0.05, 0.1) is 34.4 Å². The molecule has 2 atom stereocenters. The minimum Gasteiger partial charge on any atom is -0.477 e. The van der Waals surface area contributed by atoms with Gasteiger partial charge in [0.1, 0.15) is 6.61 Å². The zero-order chi connectivity index (χ0) is 39.3. The summed E-state index contributed by atoms with van der Waals surface area (Å²) >= 11 is 0. The van der Waals surface area contributed by atoms with Crippen LogP contribution in [0.15, 0.2) is 24.3 Å². The van der Waals surface area contributed by atoms with E-state index in [4.69, 9.17) is 14.2 Å². The number of unbranched alkanes of at least 4 members (excludes halogenated alkanes) is 21. The summed E-state index contributed by atoms with van der Waals surface area (Å²) in [7, 11) is 5.52. The number of carboxylic acid groups (broad SMARTS) is 1. The van der Waals surface area contributed by atoms with Crippen LogP contribution in [-0.4, -0.2) is 80.6 Å². The van der Waals surface area contributed by atoms with E-state index < -0.39 is 18.1 Å². The van der Waals surface area contributed by atoms with Crippen molar-refractivity contribution in [2.75, 3.05) is 41.0 Å². The van der Waals surface area contributed by atoms with Crippen LogP contribution >= 0.6 is 0 Å². The molecule has 2 unspecified atom stereocenters. The van der Waals surface area contributed by atoms with Gasteiger partial charge in [-0.1, -0.05) is 160 Å². The molecule has 310 valence electrons. The number of allylic oxidation sites excluding steroid dienone is 4. The van der Waals surface area contributed by atoms with Gasteiger partial charge in [0.15, 0.2) is 12.1 Å². The number of likely N-dealkylation sites (N-methyl/N-ethyl adjacent to an activating group) is 1. The lowest BCUT2D eigenvalue weighted by Gasteiger charge is -2.31. The summed E-state index contributed by atoms with van der Waals surface area (Å²) in [6, 6.07) is -0.614. The Kier molecular flexibility index (Phi) is 35.2. The van der Waals surface area contributed by atoms with Crippen LogP contribution in [-0.2, 0) is 28.6 Å². The fourth-order valence-electron chi connectivity index (χ4n) is 6.48. The number of carbonyl (C=O) groups is 3. The average Bonchev–Trinajstić information content (AvgIpc) is 3.11. The van der Waals surface area contributed by atoms with Crippen molar-refractivity contribution in [1.29, 1.82) is 0 Å². The van der Waals surface area contributed by atoms with E-state index >= 15 is 0 Å². The number of aliphatic carboxylic acids is 1. The third-order valence-electron chi connectivity index (χ3n) is 9.87. The first-order valence-electron chi connectivity index (χ1n) is 21.9. The average molecular weight is 751 g/mol. The first kappa shape index (κ1) is 50.8. The number of quaternary nitrogens is 1. The molecule has 0 heterocycles. The second-order valence-corrected chi connectivity index (χ2v) is 15.9. The molecule has 8 heteroatoms. The Morgan fingerprint density at radius 3 is 1.55 bits per heavy atom. The molecule has 0 fully saturated rings. The molecule has 0 radical (unpaired) electrons. The minimum atomic E-state index is -0.876. The topological polar surface area (TPSA) is 99.1 Å². The summed E-state index contributed by atoms with van der Waals surface area (Å²) in [4.78, 5) is 36.9. The molecule has 8 nitrogen and oxygen atoms in total. The van der Waals surface area contributed by atoms with Crippen LogP contribution in [0.5, 0.6) is 0 Å². The molecule has 0 saturated heterocycles. The van der Waals surface area contributed by atoms with Gasteiger partial charge < -0.3 is 23.8 Å². The smallest absolute Gasteiger partial charge is 0.362 e. The van der Waals surface area contributed by atoms with Crippen molar-refractivity contribution in [3.05, 3.63) is 24.3 Å². The third kappa shape index (κ3) is 35.3. The normalized spacial score (nSPS) is 13.2. The van der Waals surface area contributed by atoms with Crippen molar-refractivity contribution in [2.24, 2.45) is 0 Å². The van der Waals surface area contributed by atoms with Crippen molar-refractivity contribution in [3.8, 4) is 0 Å². The van der Waals surface area contributed by atoms with Crippen molar-refractivity contribution in [2.45, 2.75) is 206 Å². The molecule has 53 heavy (non-hydrogen) atoms. The molecule has 0 amide bonds. The van der Waals surface area contributed by atoms with Crippen LogP contribution in [0.4, 0.5) is 0 Å². The first-order chi connectivity index (χ1) is 25.6. The van der Waals surface area contributed by atoms with E-state index in [1.807, 2.05) is 21.1 Å². The highest BCUT2D eigenvalue weighted by molar-refractivity contribution is 5.72. The number of ether oxygens (including phenoxy) is 3. The summed E-state index contributed by atoms with van der Waals surface area (Å²) in [5, 5.41) is 9.60. The van der Waals surface area contributed by atoms with Crippen LogP contribution in [0.3, 0.4) is 0 Å². The molecule has 0 aromatic carbocycles. The van der Waals surface area contributed by atoms with Gasteiger partial charge in [-0.2, -0.15) is 0 Å². The lowest BCUT2D eigenvalue weighted by molar-refractivity contribution is -0.887. The Bertz CT molecular complexity index is 926. The molecule has 0 saturated carbocycles. The highest BCUT2D eigenvalue weighted by atomic mass is 16.6. The number of esters is 2. The zero-order valence-electron chi connectivity index (χ0n) is 35.2. The standard InChI is InChI=1S/C45H83NO7/c1-6-8-10-12-14-16-18-20-21-22-23-24-26-27-29-31-33-35-43(47)52-40-41(39-51-38-37-42(45(49)50)46(3,4)5)53-44(48)36-34-32-30-28-25-19-17-15-13-11-9-7-2/h9,11,15,17,41-42H,6-8,10,12-14,16,18-40H2,1-5H3/p+1/b11-9+,17-15+. The Balaban J connectivity index is 4.30. The van der Waals surface area contributed by atoms with E-state index in [2.05, 4.69) is 38.2 Å². The van der Waals surface area contributed by atoms with E-state index in [0.29, 0.717) is 19.3 Å². The van der Waals surface area contributed by atoms with Crippen molar-refractivity contribution in [1.82, 2.24) is 0 Å². The fraction of sp³-hybridized carbons (Fsp3) is 0.844. The van der Waals surface area contributed by atoms with E-state index in [9.17, 15) is 19.5 Å². The second kappa shape index (κ2) is 36.8. The van der Waals surface area contributed by atoms with Crippen LogP contribution < -0.4 is 0 Å². The largest absolute Gasteiger partial charge is 0.477 e. The highest BCUT2D eigenvalue weighted by Crippen LogP contribution is 2.15. The van der Waals surface area contributed by atoms with Crippen molar-refractivity contribution < 1.29 is 38.2 Å². The van der Waals surface area contributed by atoms with E-state index in [1.54, 1.807) is 0 Å². The monoisotopic (exact) mass is 751 g/mol. The number of hydrogen-bond donors (Lipinski definition) is 1. The lowest BCUT2D eigenvalue weighted by atomic mass is 10.0. The van der Waals surface area contributed by atoms with Gasteiger partial charge in [-0.05, 0) is 38.5 Å². The third-order valence-corrected chi connectivity index (χ3v) is 9.87. The maximum atomic E-state index is 12.7. The Hall–Kier alpha value is -2.19. The molecular formula is C45H84NO7+. The van der Waals surface area contributed by atoms with Gasteiger partial charge in [0.2, 0.25) is 0 Å². The van der Waals surface area contributed by atoms with Crippen LogP contribution in [0, 0.1) is 0 Å². The molecule has 0 aliphatic carbocycles. The number of carbonyl (C=O) groups excluding carboxylic acids is 2. The first-order valence-corrected chi connectivity index (χ1v) is 21.9. The summed E-state index contributed by atoms with van der Waals surface area (Å²) < 4.78 is 17.3. The Morgan fingerprint density at radius 1 is 0.585 bits per heavy atom. The van der Waals surface area contributed by atoms with E-state index in [-0.39, 0.29) is 36.2 Å². The van der Waals surface area contributed by atoms with Gasteiger partial charge >= 0.3 is 17.9 Å².